The number of imidazole rings is 1. The number of hydrogen-bond donors (Lipinski definition) is 3. The maximum Gasteiger partial charge on any atom is 0.326 e. The number of hydrogen-bond acceptors (Lipinski definition) is 3. The number of H-pyrrole nitrogens is 1. The summed E-state index contributed by atoms with van der Waals surface area (Å²) in [5.41, 5.74) is 1.01. The topological polar surface area (TPSA) is 95.1 Å². The molecule has 1 atom stereocenters. The zero-order valence-electron chi connectivity index (χ0n) is 10.0. The van der Waals surface area contributed by atoms with Gasteiger partial charge in [0.25, 0.3) is 5.91 Å². The average Bonchev–Trinajstić information content (AvgIpc) is 2.91. The molecule has 3 N–H and O–H groups in total. The second-order valence-corrected chi connectivity index (χ2v) is 3.99. The molecule has 19 heavy (non-hydrogen) atoms. The Bertz CT molecular complexity index is 552. The molecule has 0 aliphatic rings. The molecule has 0 radical (unpaired) electrons. The van der Waals surface area contributed by atoms with Crippen LogP contribution in [0, 0.1) is 0 Å². The molecule has 0 bridgehead atoms. The van der Waals surface area contributed by atoms with Crippen LogP contribution in [0.25, 0.3) is 0 Å². The normalized spacial score (nSPS) is 11.8. The van der Waals surface area contributed by atoms with Crippen LogP contribution in [-0.2, 0) is 11.2 Å². The number of aliphatic carboxylic acids is 1. The van der Waals surface area contributed by atoms with Crippen molar-refractivity contribution in [2.24, 2.45) is 0 Å². The highest BCUT2D eigenvalue weighted by Crippen LogP contribution is 2.02. The quantitative estimate of drug-likeness (QED) is 0.741. The van der Waals surface area contributed by atoms with Crippen LogP contribution in [0.3, 0.4) is 0 Å². The number of nitrogens with zero attached hydrogens (tertiary/aromatic N) is 1. The summed E-state index contributed by atoms with van der Waals surface area (Å²) in [7, 11) is 0. The summed E-state index contributed by atoms with van der Waals surface area (Å²) in [6, 6.07) is 7.48. The van der Waals surface area contributed by atoms with Gasteiger partial charge in [0, 0.05) is 18.2 Å². The van der Waals surface area contributed by atoms with Crippen molar-refractivity contribution in [3.63, 3.8) is 0 Å². The smallest absolute Gasteiger partial charge is 0.326 e. The van der Waals surface area contributed by atoms with Gasteiger partial charge in [-0.05, 0) is 12.1 Å². The van der Waals surface area contributed by atoms with E-state index in [4.69, 9.17) is 5.11 Å². The van der Waals surface area contributed by atoms with E-state index < -0.39 is 17.9 Å². The molecular formula is C13H13N3O3. The highest BCUT2D eigenvalue weighted by atomic mass is 16.4. The SMILES string of the molecule is O=C(N[C@@H](Cc1c[nH]cn1)C(=O)O)c1ccccc1. The lowest BCUT2D eigenvalue weighted by molar-refractivity contribution is -0.139. The van der Waals surface area contributed by atoms with Gasteiger partial charge in [-0.25, -0.2) is 9.78 Å². The molecule has 0 fully saturated rings. The molecule has 98 valence electrons. The third-order valence-corrected chi connectivity index (χ3v) is 2.61. The maximum atomic E-state index is 11.9. The van der Waals surface area contributed by atoms with Crippen molar-refractivity contribution in [3.05, 3.63) is 54.1 Å². The first kappa shape index (κ1) is 12.8. The zero-order chi connectivity index (χ0) is 13.7. The fourth-order valence-electron chi connectivity index (χ4n) is 1.64. The Hall–Kier alpha value is -2.63. The molecule has 0 spiro atoms. The number of benzene rings is 1. The van der Waals surface area contributed by atoms with Gasteiger partial charge in [0.2, 0.25) is 0 Å². The van der Waals surface area contributed by atoms with Gasteiger partial charge in [-0.2, -0.15) is 0 Å². The molecule has 2 rings (SSSR count). The summed E-state index contributed by atoms with van der Waals surface area (Å²) < 4.78 is 0. The molecule has 1 aromatic heterocycles. The highest BCUT2D eigenvalue weighted by Gasteiger charge is 2.21. The van der Waals surface area contributed by atoms with Crippen LogP contribution in [0.15, 0.2) is 42.9 Å². The Morgan fingerprint density at radius 2 is 2.05 bits per heavy atom. The van der Waals surface area contributed by atoms with Crippen molar-refractivity contribution in [3.8, 4) is 0 Å². The van der Waals surface area contributed by atoms with E-state index in [-0.39, 0.29) is 6.42 Å². The number of amides is 1. The lowest BCUT2D eigenvalue weighted by Gasteiger charge is -2.13. The number of carboxylic acid groups (broad SMARTS) is 1. The van der Waals surface area contributed by atoms with E-state index in [0.717, 1.165) is 0 Å². The van der Waals surface area contributed by atoms with Crippen LogP contribution in [-0.4, -0.2) is 33.0 Å². The molecule has 0 unspecified atom stereocenters. The zero-order valence-corrected chi connectivity index (χ0v) is 10.0. The molecule has 0 aliphatic heterocycles. The Balaban J connectivity index is 2.05. The first-order valence-electron chi connectivity index (χ1n) is 5.73. The van der Waals surface area contributed by atoms with Crippen LogP contribution in [0.4, 0.5) is 0 Å². The Kier molecular flexibility index (Phi) is 3.92. The van der Waals surface area contributed by atoms with Gasteiger partial charge in [-0.1, -0.05) is 18.2 Å². The molecule has 1 aromatic carbocycles. The minimum Gasteiger partial charge on any atom is -0.480 e. The van der Waals surface area contributed by atoms with Crippen molar-refractivity contribution in [2.45, 2.75) is 12.5 Å². The van der Waals surface area contributed by atoms with E-state index in [1.807, 2.05) is 0 Å². The van der Waals surface area contributed by atoms with Gasteiger partial charge in [0.1, 0.15) is 6.04 Å². The van der Waals surface area contributed by atoms with Crippen LogP contribution in [0.5, 0.6) is 0 Å². The summed E-state index contributed by atoms with van der Waals surface area (Å²) in [4.78, 5) is 29.7. The van der Waals surface area contributed by atoms with Crippen molar-refractivity contribution in [2.75, 3.05) is 0 Å². The molecular weight excluding hydrogens is 246 g/mol. The van der Waals surface area contributed by atoms with Crippen LogP contribution >= 0.6 is 0 Å². The molecule has 2 aromatic rings. The number of rotatable bonds is 5. The predicted molar refractivity (Wildman–Crippen MR) is 67.6 cm³/mol. The van der Waals surface area contributed by atoms with Crippen LogP contribution in [0.1, 0.15) is 16.1 Å². The number of carbonyl (C=O) groups is 2. The van der Waals surface area contributed by atoms with E-state index >= 15 is 0 Å². The van der Waals surface area contributed by atoms with E-state index in [1.165, 1.54) is 6.33 Å². The molecule has 1 heterocycles. The van der Waals surface area contributed by atoms with Crippen LogP contribution < -0.4 is 5.32 Å². The first-order chi connectivity index (χ1) is 9.16. The number of nitrogens with one attached hydrogen (secondary N) is 2. The van der Waals surface area contributed by atoms with Gasteiger partial charge >= 0.3 is 5.97 Å². The Morgan fingerprint density at radius 3 is 2.63 bits per heavy atom. The van der Waals surface area contributed by atoms with Crippen molar-refractivity contribution in [1.82, 2.24) is 15.3 Å². The van der Waals surface area contributed by atoms with E-state index in [1.54, 1.807) is 36.5 Å². The minimum atomic E-state index is -1.09. The van der Waals surface area contributed by atoms with Gasteiger partial charge in [-0.3, -0.25) is 4.79 Å². The summed E-state index contributed by atoms with van der Waals surface area (Å²) >= 11 is 0. The largest absolute Gasteiger partial charge is 0.480 e. The molecule has 0 aliphatic carbocycles. The predicted octanol–water partition coefficient (Wildman–Crippen LogP) is 0.835. The van der Waals surface area contributed by atoms with Gasteiger partial charge in [0.15, 0.2) is 0 Å². The third kappa shape index (κ3) is 3.41. The summed E-state index contributed by atoms with van der Waals surface area (Å²) in [6.45, 7) is 0. The van der Waals surface area contributed by atoms with Crippen molar-refractivity contribution < 1.29 is 14.7 Å². The standard InChI is InChI=1S/C13H13N3O3/c17-12(9-4-2-1-3-5-9)16-11(13(18)19)6-10-7-14-8-15-10/h1-5,7-8,11H,6H2,(H,14,15)(H,16,17)(H,18,19)/t11-/m0/s1. The van der Waals surface area contributed by atoms with E-state index in [2.05, 4.69) is 15.3 Å². The number of carbonyl (C=O) groups excluding carboxylic acids is 1. The number of aromatic nitrogens is 2. The molecule has 6 nitrogen and oxygen atoms in total. The molecule has 0 saturated heterocycles. The van der Waals surface area contributed by atoms with E-state index in [0.29, 0.717) is 11.3 Å². The molecule has 1 amide bonds. The average molecular weight is 259 g/mol. The monoisotopic (exact) mass is 259 g/mol. The highest BCUT2D eigenvalue weighted by molar-refractivity contribution is 5.96. The Morgan fingerprint density at radius 1 is 1.32 bits per heavy atom. The van der Waals surface area contributed by atoms with Crippen molar-refractivity contribution in [1.29, 1.82) is 0 Å². The van der Waals surface area contributed by atoms with Gasteiger partial charge in [0.05, 0.1) is 12.0 Å². The third-order valence-electron chi connectivity index (χ3n) is 2.61. The summed E-state index contributed by atoms with van der Waals surface area (Å²) in [5.74, 6) is -1.50. The second-order valence-electron chi connectivity index (χ2n) is 3.99. The maximum absolute atomic E-state index is 11.9. The van der Waals surface area contributed by atoms with Gasteiger partial charge in [-0.15, -0.1) is 0 Å². The molecule has 6 heteroatoms. The number of carboxylic acids is 1. The Labute approximate surface area is 109 Å². The van der Waals surface area contributed by atoms with Crippen molar-refractivity contribution >= 4 is 11.9 Å². The molecule has 0 saturated carbocycles. The summed E-state index contributed by atoms with van der Waals surface area (Å²) in [6.07, 6.45) is 3.20. The van der Waals surface area contributed by atoms with E-state index in [9.17, 15) is 9.59 Å². The second kappa shape index (κ2) is 5.81. The fraction of sp³-hybridized carbons (Fsp3) is 0.154. The lowest BCUT2D eigenvalue weighted by Crippen LogP contribution is -2.42. The minimum absolute atomic E-state index is 0.136. The van der Waals surface area contributed by atoms with Crippen LogP contribution in [0.2, 0.25) is 0 Å². The summed E-state index contributed by atoms with van der Waals surface area (Å²) in [5, 5.41) is 11.6. The first-order valence-corrected chi connectivity index (χ1v) is 5.73. The fourth-order valence-corrected chi connectivity index (χ4v) is 1.64. The van der Waals surface area contributed by atoms with Gasteiger partial charge < -0.3 is 15.4 Å². The number of aromatic amines is 1. The lowest BCUT2D eigenvalue weighted by atomic mass is 10.1.